The van der Waals surface area contributed by atoms with Crippen LogP contribution in [0.3, 0.4) is 0 Å². The second-order valence-electron chi connectivity index (χ2n) is 5.25. The van der Waals surface area contributed by atoms with Gasteiger partial charge in [-0.25, -0.2) is 8.42 Å². The van der Waals surface area contributed by atoms with Crippen LogP contribution in [-0.2, 0) is 16.4 Å². The summed E-state index contributed by atoms with van der Waals surface area (Å²) in [5.41, 5.74) is 6.40. The first kappa shape index (κ1) is 16.9. The van der Waals surface area contributed by atoms with Crippen molar-refractivity contribution in [2.45, 2.75) is 26.5 Å². The first-order chi connectivity index (χ1) is 9.34. The molecule has 20 heavy (non-hydrogen) atoms. The summed E-state index contributed by atoms with van der Waals surface area (Å²) in [5, 5.41) is 9.79. The minimum atomic E-state index is -3.25. The Morgan fingerprint density at radius 2 is 1.90 bits per heavy atom. The van der Waals surface area contributed by atoms with Crippen LogP contribution in [-0.4, -0.2) is 37.7 Å². The van der Waals surface area contributed by atoms with Crippen LogP contribution in [0.15, 0.2) is 24.3 Å². The quantitative estimate of drug-likeness (QED) is 0.746. The lowest BCUT2D eigenvalue weighted by atomic mass is 10.2. The third-order valence-electron chi connectivity index (χ3n) is 2.66. The smallest absolute Gasteiger partial charge is 0.153 e. The zero-order valence-electron chi connectivity index (χ0n) is 12.0. The van der Waals surface area contributed by atoms with E-state index in [0.717, 1.165) is 5.56 Å². The highest BCUT2D eigenvalue weighted by atomic mass is 32.2. The SMILES string of the molecule is CC(C)CS(=O)(=O)CC(O)COc1ccccc1CN. The molecule has 1 atom stereocenters. The van der Waals surface area contributed by atoms with Gasteiger partial charge in [-0.3, -0.25) is 0 Å². The number of hydrogen-bond donors (Lipinski definition) is 2. The second-order valence-corrected chi connectivity index (χ2v) is 7.40. The fourth-order valence-electron chi connectivity index (χ4n) is 1.92. The fourth-order valence-corrected chi connectivity index (χ4v) is 3.75. The van der Waals surface area contributed by atoms with Crippen LogP contribution >= 0.6 is 0 Å². The lowest BCUT2D eigenvalue weighted by molar-refractivity contribution is 0.124. The predicted octanol–water partition coefficient (Wildman–Crippen LogP) is 0.956. The van der Waals surface area contributed by atoms with E-state index in [1.807, 2.05) is 26.0 Å². The van der Waals surface area contributed by atoms with Crippen molar-refractivity contribution in [2.75, 3.05) is 18.1 Å². The summed E-state index contributed by atoms with van der Waals surface area (Å²) in [6.07, 6.45) is -1.04. The van der Waals surface area contributed by atoms with Gasteiger partial charge in [0.15, 0.2) is 9.84 Å². The van der Waals surface area contributed by atoms with Gasteiger partial charge in [-0.15, -0.1) is 0 Å². The van der Waals surface area contributed by atoms with Gasteiger partial charge in [0.2, 0.25) is 0 Å². The van der Waals surface area contributed by atoms with E-state index in [2.05, 4.69) is 0 Å². The predicted molar refractivity (Wildman–Crippen MR) is 79.3 cm³/mol. The largest absolute Gasteiger partial charge is 0.491 e. The summed E-state index contributed by atoms with van der Waals surface area (Å²) in [6, 6.07) is 7.23. The molecule has 0 aliphatic rings. The molecule has 1 rings (SSSR count). The lowest BCUT2D eigenvalue weighted by Crippen LogP contribution is -2.29. The van der Waals surface area contributed by atoms with Crippen LogP contribution in [0.25, 0.3) is 0 Å². The van der Waals surface area contributed by atoms with Crippen LogP contribution in [0.1, 0.15) is 19.4 Å². The minimum absolute atomic E-state index is 0.0473. The van der Waals surface area contributed by atoms with E-state index in [-0.39, 0.29) is 24.0 Å². The number of rotatable bonds is 8. The highest BCUT2D eigenvalue weighted by Gasteiger charge is 2.19. The van der Waals surface area contributed by atoms with Crippen molar-refractivity contribution in [3.63, 3.8) is 0 Å². The Morgan fingerprint density at radius 1 is 1.25 bits per heavy atom. The summed E-state index contributed by atoms with van der Waals surface area (Å²) < 4.78 is 28.9. The van der Waals surface area contributed by atoms with Crippen LogP contribution in [0, 0.1) is 5.92 Å². The van der Waals surface area contributed by atoms with E-state index in [1.165, 1.54) is 0 Å². The summed E-state index contributed by atoms with van der Waals surface area (Å²) in [4.78, 5) is 0. The number of sulfone groups is 1. The summed E-state index contributed by atoms with van der Waals surface area (Å²) in [6.45, 7) is 3.93. The summed E-state index contributed by atoms with van der Waals surface area (Å²) in [5.74, 6) is 0.417. The summed E-state index contributed by atoms with van der Waals surface area (Å²) in [7, 11) is -3.25. The van der Waals surface area contributed by atoms with Gasteiger partial charge in [-0.1, -0.05) is 32.0 Å². The van der Waals surface area contributed by atoms with Crippen LogP contribution in [0.5, 0.6) is 5.75 Å². The van der Waals surface area contributed by atoms with Crippen molar-refractivity contribution in [1.29, 1.82) is 0 Å². The molecule has 0 bridgehead atoms. The molecule has 0 spiro atoms. The van der Waals surface area contributed by atoms with E-state index >= 15 is 0 Å². The Morgan fingerprint density at radius 3 is 2.50 bits per heavy atom. The van der Waals surface area contributed by atoms with Crippen molar-refractivity contribution in [3.05, 3.63) is 29.8 Å². The molecule has 1 aromatic rings. The molecular formula is C14H23NO4S. The lowest BCUT2D eigenvalue weighted by Gasteiger charge is -2.15. The maximum Gasteiger partial charge on any atom is 0.153 e. The van der Waals surface area contributed by atoms with Gasteiger partial charge in [0.05, 0.1) is 11.5 Å². The van der Waals surface area contributed by atoms with Gasteiger partial charge in [-0.05, 0) is 12.0 Å². The number of aliphatic hydroxyl groups excluding tert-OH is 1. The topological polar surface area (TPSA) is 89.6 Å². The molecule has 0 aromatic heterocycles. The maximum atomic E-state index is 11.8. The third kappa shape index (κ3) is 5.90. The molecule has 6 heteroatoms. The first-order valence-corrected chi connectivity index (χ1v) is 8.45. The van der Waals surface area contributed by atoms with Crippen molar-refractivity contribution < 1.29 is 18.3 Å². The zero-order valence-corrected chi connectivity index (χ0v) is 12.8. The van der Waals surface area contributed by atoms with Gasteiger partial charge in [-0.2, -0.15) is 0 Å². The summed E-state index contributed by atoms with van der Waals surface area (Å²) >= 11 is 0. The van der Waals surface area contributed by atoms with E-state index in [4.69, 9.17) is 10.5 Å². The van der Waals surface area contributed by atoms with Gasteiger partial charge in [0, 0.05) is 12.1 Å². The van der Waals surface area contributed by atoms with E-state index in [0.29, 0.717) is 12.3 Å². The average Bonchev–Trinajstić information content (AvgIpc) is 2.34. The van der Waals surface area contributed by atoms with Gasteiger partial charge < -0.3 is 15.6 Å². The number of ether oxygens (including phenoxy) is 1. The minimum Gasteiger partial charge on any atom is -0.491 e. The Hall–Kier alpha value is -1.11. The second kappa shape index (κ2) is 7.61. The van der Waals surface area contributed by atoms with Crippen molar-refractivity contribution in [2.24, 2.45) is 11.7 Å². The highest BCUT2D eigenvalue weighted by molar-refractivity contribution is 7.91. The molecule has 0 saturated heterocycles. The Bertz CT molecular complexity index is 514. The van der Waals surface area contributed by atoms with E-state index < -0.39 is 15.9 Å². The zero-order chi connectivity index (χ0) is 15.2. The van der Waals surface area contributed by atoms with Gasteiger partial charge >= 0.3 is 0 Å². The number of benzene rings is 1. The molecule has 3 N–H and O–H groups in total. The van der Waals surface area contributed by atoms with Crippen LogP contribution in [0.2, 0.25) is 0 Å². The molecule has 5 nitrogen and oxygen atoms in total. The van der Waals surface area contributed by atoms with Crippen molar-refractivity contribution in [1.82, 2.24) is 0 Å². The molecule has 0 radical (unpaired) electrons. The van der Waals surface area contributed by atoms with Crippen molar-refractivity contribution >= 4 is 9.84 Å². The highest BCUT2D eigenvalue weighted by Crippen LogP contribution is 2.17. The van der Waals surface area contributed by atoms with E-state index in [1.54, 1.807) is 12.1 Å². The van der Waals surface area contributed by atoms with Crippen LogP contribution < -0.4 is 10.5 Å². The molecule has 114 valence electrons. The van der Waals surface area contributed by atoms with Gasteiger partial charge in [0.25, 0.3) is 0 Å². The first-order valence-electron chi connectivity index (χ1n) is 6.63. The monoisotopic (exact) mass is 301 g/mol. The molecule has 0 fully saturated rings. The third-order valence-corrected chi connectivity index (χ3v) is 4.72. The fraction of sp³-hybridized carbons (Fsp3) is 0.571. The number of aliphatic hydroxyl groups is 1. The number of para-hydroxylation sites is 1. The molecule has 1 aromatic carbocycles. The van der Waals surface area contributed by atoms with E-state index in [9.17, 15) is 13.5 Å². The Labute approximate surface area is 120 Å². The Balaban J connectivity index is 2.53. The maximum absolute atomic E-state index is 11.8. The Kier molecular flexibility index (Phi) is 6.45. The normalized spacial score (nSPS) is 13.4. The number of nitrogens with two attached hydrogens (primary N) is 1. The molecule has 0 aliphatic carbocycles. The molecule has 0 aliphatic heterocycles. The molecule has 0 heterocycles. The standard InChI is InChI=1S/C14H23NO4S/c1-11(2)9-20(17,18)10-13(16)8-19-14-6-4-3-5-12(14)7-15/h3-6,11,13,16H,7-10,15H2,1-2H3. The van der Waals surface area contributed by atoms with Gasteiger partial charge in [0.1, 0.15) is 18.5 Å². The molecule has 0 saturated carbocycles. The number of hydrogen-bond acceptors (Lipinski definition) is 5. The molecule has 1 unspecified atom stereocenters. The van der Waals surface area contributed by atoms with Crippen molar-refractivity contribution in [3.8, 4) is 5.75 Å². The van der Waals surface area contributed by atoms with Crippen LogP contribution in [0.4, 0.5) is 0 Å². The average molecular weight is 301 g/mol. The molecule has 0 amide bonds. The molecular weight excluding hydrogens is 278 g/mol.